The summed E-state index contributed by atoms with van der Waals surface area (Å²) in [5.41, 5.74) is 0. The number of unbranched alkanes of at least 4 members (excludes halogenated alkanes) is 13. The van der Waals surface area contributed by atoms with Gasteiger partial charge in [0.1, 0.15) is 12.4 Å². The minimum atomic E-state index is 0.574. The van der Waals surface area contributed by atoms with Gasteiger partial charge in [-0.1, -0.05) is 90.9 Å². The van der Waals surface area contributed by atoms with Crippen molar-refractivity contribution in [3.05, 3.63) is 18.2 Å². The Balaban J connectivity index is 2.25. The molecule has 0 spiro atoms. The van der Waals surface area contributed by atoms with Crippen molar-refractivity contribution in [3.8, 4) is 0 Å². The van der Waals surface area contributed by atoms with Crippen LogP contribution in [0.4, 0.5) is 0 Å². The van der Waals surface area contributed by atoms with E-state index in [1.807, 2.05) is 0 Å². The molecule has 1 aromatic rings. The molecule has 0 bridgehead atoms. The van der Waals surface area contributed by atoms with Crippen LogP contribution in [0.2, 0.25) is 0 Å². The summed E-state index contributed by atoms with van der Waals surface area (Å²) in [7, 11) is 0. The van der Waals surface area contributed by atoms with Crippen LogP contribution in [0.3, 0.4) is 0 Å². The van der Waals surface area contributed by atoms with Gasteiger partial charge in [0, 0.05) is 6.42 Å². The quantitative estimate of drug-likeness (QED) is 0.182. The largest absolute Gasteiger partial charge is 0.256 e. The van der Waals surface area contributed by atoms with Gasteiger partial charge in [0.05, 0.1) is 12.6 Å². The van der Waals surface area contributed by atoms with Gasteiger partial charge in [-0.25, -0.2) is 9.13 Å². The van der Waals surface area contributed by atoms with Crippen LogP contribution in [-0.4, -0.2) is 4.57 Å². The minimum Gasteiger partial charge on any atom is -0.234 e. The van der Waals surface area contributed by atoms with Crippen LogP contribution in [0.5, 0.6) is 0 Å². The summed E-state index contributed by atoms with van der Waals surface area (Å²) < 4.78 is 5.04. The molecule has 1 aromatic heterocycles. The predicted octanol–water partition coefficient (Wildman–Crippen LogP) is 7.79. The number of nitrogens with zero attached hydrogens (tertiary/aromatic N) is 2. The van der Waals surface area contributed by atoms with Crippen molar-refractivity contribution in [1.29, 1.82) is 0 Å². The first-order chi connectivity index (χ1) is 13.2. The molecule has 0 amide bonds. The van der Waals surface area contributed by atoms with E-state index in [0.717, 1.165) is 0 Å². The predicted molar refractivity (Wildman–Crippen MR) is 119 cm³/mol. The standard InChI is InChI=1S/C25H49N2/c1-5-7-9-11-12-13-14-15-17-19-21-26-22-23-27(24(3)4)25(26)20-18-16-10-8-6-2/h22-24H,5-21H2,1-4H3/q+1. The van der Waals surface area contributed by atoms with Gasteiger partial charge in [-0.05, 0) is 33.1 Å². The van der Waals surface area contributed by atoms with Gasteiger partial charge >= 0.3 is 0 Å². The fourth-order valence-electron chi connectivity index (χ4n) is 4.08. The molecular formula is C25H49N2+. The van der Waals surface area contributed by atoms with Gasteiger partial charge in [0.15, 0.2) is 0 Å². The van der Waals surface area contributed by atoms with Crippen LogP contribution in [-0.2, 0) is 13.0 Å². The fourth-order valence-corrected chi connectivity index (χ4v) is 4.08. The Bertz CT molecular complexity index is 447. The molecule has 0 N–H and O–H groups in total. The lowest BCUT2D eigenvalue weighted by Crippen LogP contribution is -2.37. The summed E-state index contributed by atoms with van der Waals surface area (Å²) in [5, 5.41) is 0. The molecule has 0 atom stereocenters. The minimum absolute atomic E-state index is 0.574. The van der Waals surface area contributed by atoms with Crippen LogP contribution in [0, 0.1) is 0 Å². The Morgan fingerprint density at radius 2 is 1.19 bits per heavy atom. The monoisotopic (exact) mass is 377 g/mol. The van der Waals surface area contributed by atoms with E-state index in [0.29, 0.717) is 6.04 Å². The molecule has 0 saturated carbocycles. The molecule has 0 unspecified atom stereocenters. The van der Waals surface area contributed by atoms with Crippen LogP contribution in [0.25, 0.3) is 0 Å². The number of rotatable bonds is 18. The molecule has 0 aliphatic rings. The van der Waals surface area contributed by atoms with Crippen LogP contribution >= 0.6 is 0 Å². The fraction of sp³-hybridized carbons (Fsp3) is 0.880. The number of imidazole rings is 1. The van der Waals surface area contributed by atoms with Crippen LogP contribution in [0.15, 0.2) is 12.4 Å². The van der Waals surface area contributed by atoms with Gasteiger partial charge in [0.25, 0.3) is 5.82 Å². The maximum absolute atomic E-state index is 2.55. The number of aryl methyl sites for hydroxylation is 1. The Kier molecular flexibility index (Phi) is 14.5. The molecule has 2 heteroatoms. The Morgan fingerprint density at radius 3 is 1.70 bits per heavy atom. The molecule has 158 valence electrons. The lowest BCUT2D eigenvalue weighted by Gasteiger charge is -2.08. The van der Waals surface area contributed by atoms with Gasteiger partial charge in [-0.3, -0.25) is 0 Å². The third kappa shape index (κ3) is 11.0. The first kappa shape index (κ1) is 24.2. The molecule has 1 rings (SSSR count). The van der Waals surface area contributed by atoms with Crippen molar-refractivity contribution in [1.82, 2.24) is 4.57 Å². The molecule has 0 aliphatic heterocycles. The lowest BCUT2D eigenvalue weighted by molar-refractivity contribution is -0.704. The Hall–Kier alpha value is -0.790. The van der Waals surface area contributed by atoms with Gasteiger partial charge in [-0.15, -0.1) is 0 Å². The summed E-state index contributed by atoms with van der Waals surface area (Å²) in [4.78, 5) is 0. The zero-order valence-electron chi connectivity index (χ0n) is 19.1. The highest BCUT2D eigenvalue weighted by Gasteiger charge is 2.18. The van der Waals surface area contributed by atoms with Gasteiger partial charge in [-0.2, -0.15) is 0 Å². The normalized spacial score (nSPS) is 11.6. The van der Waals surface area contributed by atoms with E-state index in [2.05, 4.69) is 49.2 Å². The summed E-state index contributed by atoms with van der Waals surface area (Å²) in [6.07, 6.45) is 26.9. The number of hydrogen-bond acceptors (Lipinski definition) is 0. The van der Waals surface area contributed by atoms with Crippen LogP contribution < -0.4 is 4.57 Å². The van der Waals surface area contributed by atoms with Crippen molar-refractivity contribution in [2.45, 2.75) is 143 Å². The average molecular weight is 378 g/mol. The van der Waals surface area contributed by atoms with E-state index in [9.17, 15) is 0 Å². The van der Waals surface area contributed by atoms with Crippen molar-refractivity contribution in [2.24, 2.45) is 0 Å². The first-order valence-corrected chi connectivity index (χ1v) is 12.3. The Morgan fingerprint density at radius 1 is 0.704 bits per heavy atom. The average Bonchev–Trinajstić information content (AvgIpc) is 3.06. The number of aromatic nitrogens is 2. The van der Waals surface area contributed by atoms with Crippen molar-refractivity contribution in [3.63, 3.8) is 0 Å². The third-order valence-electron chi connectivity index (χ3n) is 5.85. The van der Waals surface area contributed by atoms with Gasteiger partial charge < -0.3 is 0 Å². The zero-order valence-corrected chi connectivity index (χ0v) is 19.1. The zero-order chi connectivity index (χ0) is 19.7. The maximum atomic E-state index is 2.55. The second kappa shape index (κ2) is 16.2. The summed E-state index contributed by atoms with van der Waals surface area (Å²) in [6.45, 7) is 10.4. The van der Waals surface area contributed by atoms with E-state index < -0.39 is 0 Å². The highest BCUT2D eigenvalue weighted by atomic mass is 15.2. The van der Waals surface area contributed by atoms with Crippen LogP contribution in [0.1, 0.15) is 136 Å². The summed E-state index contributed by atoms with van der Waals surface area (Å²) >= 11 is 0. The maximum Gasteiger partial charge on any atom is 0.256 e. The van der Waals surface area contributed by atoms with Gasteiger partial charge in [0.2, 0.25) is 0 Å². The Labute approximate surface area is 170 Å². The lowest BCUT2D eigenvalue weighted by atomic mass is 10.1. The van der Waals surface area contributed by atoms with Crippen molar-refractivity contribution >= 4 is 0 Å². The molecule has 0 aromatic carbocycles. The van der Waals surface area contributed by atoms with E-state index >= 15 is 0 Å². The van der Waals surface area contributed by atoms with Crippen molar-refractivity contribution in [2.75, 3.05) is 0 Å². The molecule has 27 heavy (non-hydrogen) atoms. The van der Waals surface area contributed by atoms with Crippen molar-refractivity contribution < 1.29 is 4.57 Å². The molecule has 0 saturated heterocycles. The topological polar surface area (TPSA) is 8.81 Å². The SMILES string of the molecule is CCCCCCCCCCCC[n+]1ccn(C(C)C)c1CCCCCCC. The smallest absolute Gasteiger partial charge is 0.234 e. The van der Waals surface area contributed by atoms with E-state index in [4.69, 9.17) is 0 Å². The van der Waals surface area contributed by atoms with E-state index in [-0.39, 0.29) is 0 Å². The highest BCUT2D eigenvalue weighted by Crippen LogP contribution is 2.13. The molecule has 0 radical (unpaired) electrons. The third-order valence-corrected chi connectivity index (χ3v) is 5.85. The first-order valence-electron chi connectivity index (χ1n) is 12.3. The highest BCUT2D eigenvalue weighted by molar-refractivity contribution is 4.86. The second-order valence-corrected chi connectivity index (χ2v) is 8.75. The molecular weight excluding hydrogens is 328 g/mol. The molecule has 2 nitrogen and oxygen atoms in total. The molecule has 1 heterocycles. The van der Waals surface area contributed by atoms with E-state index in [1.54, 1.807) is 5.82 Å². The number of hydrogen-bond donors (Lipinski definition) is 0. The summed E-state index contributed by atoms with van der Waals surface area (Å²) in [5.74, 6) is 1.55. The summed E-state index contributed by atoms with van der Waals surface area (Å²) in [6, 6.07) is 0.574. The molecule has 0 aliphatic carbocycles. The molecule has 0 fully saturated rings. The second-order valence-electron chi connectivity index (χ2n) is 8.75. The van der Waals surface area contributed by atoms with E-state index in [1.165, 1.54) is 109 Å².